The first-order chi connectivity index (χ1) is 11.7. The van der Waals surface area contributed by atoms with Gasteiger partial charge in [-0.15, -0.1) is 0 Å². The molecular weight excluding hydrogens is 294 g/mol. The number of benzene rings is 2. The van der Waals surface area contributed by atoms with Crippen LogP contribution in [0.3, 0.4) is 0 Å². The minimum absolute atomic E-state index is 0.344. The summed E-state index contributed by atoms with van der Waals surface area (Å²) in [5.41, 5.74) is 3.68. The number of rotatable bonds is 4. The lowest BCUT2D eigenvalue weighted by molar-refractivity contribution is 0.460. The van der Waals surface area contributed by atoms with Gasteiger partial charge in [-0.05, 0) is 38.1 Å². The highest BCUT2D eigenvalue weighted by molar-refractivity contribution is 5.90. The van der Waals surface area contributed by atoms with Crippen molar-refractivity contribution in [3.8, 4) is 5.69 Å². The highest BCUT2D eigenvalue weighted by Crippen LogP contribution is 2.27. The number of aromatic nitrogens is 2. The van der Waals surface area contributed by atoms with E-state index in [1.165, 1.54) is 47.7 Å². The lowest BCUT2D eigenvalue weighted by Crippen LogP contribution is -2.29. The molecule has 0 saturated heterocycles. The second-order valence-electron chi connectivity index (χ2n) is 6.97. The normalized spacial score (nSPS) is 16.8. The SMILES string of the molecule is Cc1c([C@H](C)NC2CCCC2)cnn1-c1cccc2ccccc12. The van der Waals surface area contributed by atoms with Crippen LogP contribution in [0.15, 0.2) is 48.7 Å². The van der Waals surface area contributed by atoms with E-state index in [1.807, 2.05) is 6.20 Å². The summed E-state index contributed by atoms with van der Waals surface area (Å²) in [7, 11) is 0. The molecule has 24 heavy (non-hydrogen) atoms. The van der Waals surface area contributed by atoms with Crippen LogP contribution in [-0.4, -0.2) is 15.8 Å². The third-order valence-corrected chi connectivity index (χ3v) is 5.35. The van der Waals surface area contributed by atoms with Crippen molar-refractivity contribution >= 4 is 10.8 Å². The van der Waals surface area contributed by atoms with Gasteiger partial charge in [0, 0.05) is 28.7 Å². The molecule has 124 valence electrons. The predicted octanol–water partition coefficient (Wildman–Crippen LogP) is 4.93. The molecule has 0 amide bonds. The van der Waals surface area contributed by atoms with Gasteiger partial charge in [-0.1, -0.05) is 49.2 Å². The lowest BCUT2D eigenvalue weighted by atomic mass is 10.1. The largest absolute Gasteiger partial charge is 0.307 e. The number of hydrogen-bond acceptors (Lipinski definition) is 2. The van der Waals surface area contributed by atoms with Crippen LogP contribution >= 0.6 is 0 Å². The van der Waals surface area contributed by atoms with E-state index in [0.29, 0.717) is 12.1 Å². The second kappa shape index (κ2) is 6.40. The molecule has 0 bridgehead atoms. The molecule has 0 aliphatic heterocycles. The predicted molar refractivity (Wildman–Crippen MR) is 99.6 cm³/mol. The topological polar surface area (TPSA) is 29.9 Å². The number of nitrogens with zero attached hydrogens (tertiary/aromatic N) is 2. The van der Waals surface area contributed by atoms with Gasteiger partial charge in [0.25, 0.3) is 0 Å². The van der Waals surface area contributed by atoms with E-state index in [4.69, 9.17) is 5.10 Å². The Balaban J connectivity index is 1.68. The van der Waals surface area contributed by atoms with E-state index in [9.17, 15) is 0 Å². The maximum Gasteiger partial charge on any atom is 0.0727 e. The molecule has 4 rings (SSSR count). The van der Waals surface area contributed by atoms with E-state index < -0.39 is 0 Å². The van der Waals surface area contributed by atoms with Crippen molar-refractivity contribution in [1.29, 1.82) is 0 Å². The zero-order chi connectivity index (χ0) is 16.5. The van der Waals surface area contributed by atoms with Crippen molar-refractivity contribution < 1.29 is 0 Å². The van der Waals surface area contributed by atoms with Crippen LogP contribution in [0.1, 0.15) is 49.9 Å². The molecule has 1 N–H and O–H groups in total. The molecule has 0 unspecified atom stereocenters. The monoisotopic (exact) mass is 319 g/mol. The van der Waals surface area contributed by atoms with Crippen molar-refractivity contribution in [2.45, 2.75) is 51.6 Å². The molecule has 0 radical (unpaired) electrons. The van der Waals surface area contributed by atoms with Crippen LogP contribution in [0, 0.1) is 6.92 Å². The van der Waals surface area contributed by atoms with Crippen LogP contribution in [0.2, 0.25) is 0 Å². The lowest BCUT2D eigenvalue weighted by Gasteiger charge is -2.19. The Kier molecular flexibility index (Phi) is 4.11. The minimum atomic E-state index is 0.344. The van der Waals surface area contributed by atoms with Gasteiger partial charge < -0.3 is 5.32 Å². The molecule has 3 nitrogen and oxygen atoms in total. The van der Waals surface area contributed by atoms with Crippen molar-refractivity contribution in [3.63, 3.8) is 0 Å². The Morgan fingerprint density at radius 3 is 2.67 bits per heavy atom. The number of nitrogens with one attached hydrogen (secondary N) is 1. The average Bonchev–Trinajstić information content (AvgIpc) is 3.24. The van der Waals surface area contributed by atoms with Crippen LogP contribution in [-0.2, 0) is 0 Å². The molecule has 2 aromatic carbocycles. The first-order valence-electron chi connectivity index (χ1n) is 9.03. The summed E-state index contributed by atoms with van der Waals surface area (Å²) in [5.74, 6) is 0. The highest BCUT2D eigenvalue weighted by Gasteiger charge is 2.20. The van der Waals surface area contributed by atoms with Gasteiger partial charge in [0.05, 0.1) is 11.9 Å². The van der Waals surface area contributed by atoms with E-state index in [2.05, 4.69) is 66.3 Å². The Hall–Kier alpha value is -2.13. The molecule has 1 atom stereocenters. The van der Waals surface area contributed by atoms with E-state index in [-0.39, 0.29) is 0 Å². The summed E-state index contributed by atoms with van der Waals surface area (Å²) in [4.78, 5) is 0. The molecule has 0 spiro atoms. The zero-order valence-corrected chi connectivity index (χ0v) is 14.5. The van der Waals surface area contributed by atoms with Gasteiger partial charge in [0.2, 0.25) is 0 Å². The molecule has 1 fully saturated rings. The number of hydrogen-bond donors (Lipinski definition) is 1. The van der Waals surface area contributed by atoms with Gasteiger partial charge in [-0.25, -0.2) is 4.68 Å². The second-order valence-corrected chi connectivity index (χ2v) is 6.97. The summed E-state index contributed by atoms with van der Waals surface area (Å²) in [5, 5.41) is 11.0. The van der Waals surface area contributed by atoms with Crippen molar-refractivity contribution in [2.24, 2.45) is 0 Å². The van der Waals surface area contributed by atoms with Gasteiger partial charge in [0.1, 0.15) is 0 Å². The quantitative estimate of drug-likeness (QED) is 0.739. The fourth-order valence-electron chi connectivity index (χ4n) is 4.02. The van der Waals surface area contributed by atoms with E-state index in [1.54, 1.807) is 0 Å². The Labute approximate surface area is 143 Å². The average molecular weight is 319 g/mol. The van der Waals surface area contributed by atoms with E-state index in [0.717, 1.165) is 5.69 Å². The third-order valence-electron chi connectivity index (χ3n) is 5.35. The zero-order valence-electron chi connectivity index (χ0n) is 14.5. The van der Waals surface area contributed by atoms with Crippen molar-refractivity contribution in [2.75, 3.05) is 0 Å². The smallest absolute Gasteiger partial charge is 0.0727 e. The maximum absolute atomic E-state index is 4.71. The molecule has 3 aromatic rings. The molecular formula is C21H25N3. The van der Waals surface area contributed by atoms with Crippen LogP contribution in [0.25, 0.3) is 16.5 Å². The Morgan fingerprint density at radius 1 is 1.08 bits per heavy atom. The van der Waals surface area contributed by atoms with Gasteiger partial charge in [-0.3, -0.25) is 0 Å². The summed E-state index contributed by atoms with van der Waals surface area (Å²) >= 11 is 0. The van der Waals surface area contributed by atoms with E-state index >= 15 is 0 Å². The van der Waals surface area contributed by atoms with Gasteiger partial charge in [0.15, 0.2) is 0 Å². The Bertz CT molecular complexity index is 838. The first kappa shape index (κ1) is 15.4. The third kappa shape index (κ3) is 2.73. The van der Waals surface area contributed by atoms with Crippen molar-refractivity contribution in [1.82, 2.24) is 15.1 Å². The van der Waals surface area contributed by atoms with Crippen molar-refractivity contribution in [3.05, 3.63) is 59.9 Å². The fourth-order valence-corrected chi connectivity index (χ4v) is 4.02. The van der Waals surface area contributed by atoms with Gasteiger partial charge in [-0.2, -0.15) is 5.10 Å². The van der Waals surface area contributed by atoms with Gasteiger partial charge >= 0.3 is 0 Å². The fraction of sp³-hybridized carbons (Fsp3) is 0.381. The molecule has 1 aromatic heterocycles. The highest BCUT2D eigenvalue weighted by atomic mass is 15.3. The molecule has 1 heterocycles. The summed E-state index contributed by atoms with van der Waals surface area (Å²) < 4.78 is 2.09. The number of fused-ring (bicyclic) bond motifs is 1. The summed E-state index contributed by atoms with van der Waals surface area (Å²) in [6.07, 6.45) is 7.36. The maximum atomic E-state index is 4.71. The molecule has 3 heteroatoms. The van der Waals surface area contributed by atoms with Crippen LogP contribution in [0.4, 0.5) is 0 Å². The molecule has 1 aliphatic carbocycles. The molecule has 1 saturated carbocycles. The Morgan fingerprint density at radius 2 is 1.83 bits per heavy atom. The molecule has 1 aliphatic rings. The standard InChI is InChI=1S/C21H25N3/c1-15(23-18-10-4-5-11-18)20-14-22-24(16(20)2)21-13-7-9-17-8-3-6-12-19(17)21/h3,6-9,12-15,18,23H,4-5,10-11H2,1-2H3/t15-/m0/s1. The first-order valence-corrected chi connectivity index (χ1v) is 9.03. The minimum Gasteiger partial charge on any atom is -0.307 e. The van der Waals surface area contributed by atoms with Crippen LogP contribution < -0.4 is 5.32 Å². The summed E-state index contributed by atoms with van der Waals surface area (Å²) in [6, 6.07) is 15.9. The summed E-state index contributed by atoms with van der Waals surface area (Å²) in [6.45, 7) is 4.44. The van der Waals surface area contributed by atoms with Crippen LogP contribution in [0.5, 0.6) is 0 Å².